The Bertz CT molecular complexity index is 472. The van der Waals surface area contributed by atoms with E-state index in [4.69, 9.17) is 0 Å². The molecule has 3 rings (SSSR count). The highest BCUT2D eigenvalue weighted by molar-refractivity contribution is 5.35. The van der Waals surface area contributed by atoms with Crippen LogP contribution in [0, 0.1) is 28.6 Å². The number of hydrogen-bond acceptors (Lipinski definition) is 1. The third-order valence-corrected chi connectivity index (χ3v) is 7.06. The topological polar surface area (TPSA) is 20.2 Å². The van der Waals surface area contributed by atoms with Crippen molar-refractivity contribution in [2.24, 2.45) is 28.6 Å². The second-order valence-corrected chi connectivity index (χ2v) is 8.63. The van der Waals surface area contributed by atoms with E-state index in [0.29, 0.717) is 23.9 Å². The van der Waals surface area contributed by atoms with Crippen LogP contribution in [0.15, 0.2) is 23.3 Å². The van der Waals surface area contributed by atoms with Crippen molar-refractivity contribution in [2.75, 3.05) is 6.61 Å². The molecule has 1 heteroatoms. The molecule has 0 radical (unpaired) electrons. The van der Waals surface area contributed by atoms with Gasteiger partial charge in [-0.25, -0.2) is 0 Å². The van der Waals surface area contributed by atoms with Crippen LogP contribution in [0.5, 0.6) is 0 Å². The first-order valence-electron chi connectivity index (χ1n) is 8.92. The normalized spacial score (nSPS) is 43.0. The monoisotopic (exact) mass is 288 g/mol. The van der Waals surface area contributed by atoms with Gasteiger partial charge in [-0.15, -0.1) is 0 Å². The van der Waals surface area contributed by atoms with E-state index in [1.165, 1.54) is 38.5 Å². The van der Waals surface area contributed by atoms with Crippen LogP contribution in [0.2, 0.25) is 0 Å². The molecule has 1 N–H and O–H groups in total. The summed E-state index contributed by atoms with van der Waals surface area (Å²) in [6.45, 7) is 9.85. The minimum atomic E-state index is 0.136. The fourth-order valence-electron chi connectivity index (χ4n) is 5.66. The molecule has 0 aromatic heterocycles. The minimum Gasteiger partial charge on any atom is -0.396 e. The molecule has 3 aliphatic rings. The summed E-state index contributed by atoms with van der Waals surface area (Å²) in [5.41, 5.74) is 3.79. The molecule has 0 aromatic carbocycles. The van der Waals surface area contributed by atoms with Gasteiger partial charge in [-0.3, -0.25) is 0 Å². The lowest BCUT2D eigenvalue weighted by Crippen LogP contribution is -2.51. The average molecular weight is 288 g/mol. The Morgan fingerprint density at radius 3 is 2.71 bits per heavy atom. The van der Waals surface area contributed by atoms with Crippen molar-refractivity contribution >= 4 is 0 Å². The lowest BCUT2D eigenvalue weighted by atomic mass is 9.47. The van der Waals surface area contributed by atoms with Gasteiger partial charge in [-0.2, -0.15) is 0 Å². The van der Waals surface area contributed by atoms with E-state index in [1.54, 1.807) is 11.1 Å². The summed E-state index contributed by atoms with van der Waals surface area (Å²) in [6, 6.07) is 0. The Balaban J connectivity index is 1.97. The zero-order valence-corrected chi connectivity index (χ0v) is 14.3. The standard InChI is InChI=1S/C20H32O/c1-14(2)15-6-8-17-16(12-15)7-9-18-19(3,13-21)10-5-11-20(17,18)4/h7,12,14,17-18,21H,5-6,8-11,13H2,1-4H3/t17?,18-,19-,20+/m0/s1. The van der Waals surface area contributed by atoms with Crippen LogP contribution in [0.25, 0.3) is 0 Å². The first-order valence-corrected chi connectivity index (χ1v) is 8.92. The molecule has 0 aromatic rings. The molecular weight excluding hydrogens is 256 g/mol. The van der Waals surface area contributed by atoms with E-state index in [2.05, 4.69) is 39.8 Å². The molecule has 0 bridgehead atoms. The van der Waals surface area contributed by atoms with Crippen molar-refractivity contribution in [3.63, 3.8) is 0 Å². The van der Waals surface area contributed by atoms with E-state index in [-0.39, 0.29) is 5.41 Å². The number of allylic oxidation sites excluding steroid dienone is 4. The lowest BCUT2D eigenvalue weighted by molar-refractivity contribution is -0.0737. The van der Waals surface area contributed by atoms with Crippen LogP contribution in [0.3, 0.4) is 0 Å². The summed E-state index contributed by atoms with van der Waals surface area (Å²) in [4.78, 5) is 0. The van der Waals surface area contributed by atoms with Crippen LogP contribution in [0.4, 0.5) is 0 Å². The molecule has 0 heterocycles. The largest absolute Gasteiger partial charge is 0.396 e. The molecule has 0 saturated heterocycles. The van der Waals surface area contributed by atoms with Gasteiger partial charge in [0.25, 0.3) is 0 Å². The number of aliphatic hydroxyl groups is 1. The highest BCUT2D eigenvalue weighted by Gasteiger charge is 2.53. The van der Waals surface area contributed by atoms with Crippen LogP contribution >= 0.6 is 0 Å². The smallest absolute Gasteiger partial charge is 0.0487 e. The van der Waals surface area contributed by atoms with Crippen LogP contribution in [0.1, 0.15) is 66.2 Å². The van der Waals surface area contributed by atoms with Crippen molar-refractivity contribution in [1.82, 2.24) is 0 Å². The molecule has 1 nitrogen and oxygen atoms in total. The molecule has 4 atom stereocenters. The first kappa shape index (κ1) is 15.3. The predicted octanol–water partition coefficient (Wildman–Crippen LogP) is 5.11. The molecular formula is C20H32O. The maximum atomic E-state index is 9.98. The van der Waals surface area contributed by atoms with Gasteiger partial charge in [0.1, 0.15) is 0 Å². The van der Waals surface area contributed by atoms with Gasteiger partial charge in [0, 0.05) is 6.61 Å². The summed E-state index contributed by atoms with van der Waals surface area (Å²) in [6.07, 6.45) is 12.6. The first-order chi connectivity index (χ1) is 9.90. The zero-order chi connectivity index (χ0) is 15.3. The van der Waals surface area contributed by atoms with Gasteiger partial charge in [0.2, 0.25) is 0 Å². The van der Waals surface area contributed by atoms with Gasteiger partial charge < -0.3 is 5.11 Å². The zero-order valence-electron chi connectivity index (χ0n) is 14.3. The Morgan fingerprint density at radius 2 is 2.05 bits per heavy atom. The molecule has 3 aliphatic carbocycles. The van der Waals surface area contributed by atoms with E-state index < -0.39 is 0 Å². The van der Waals surface area contributed by atoms with Crippen molar-refractivity contribution in [3.05, 3.63) is 23.3 Å². The molecule has 1 fully saturated rings. The number of rotatable bonds is 2. The number of hydrogen-bond donors (Lipinski definition) is 1. The molecule has 0 spiro atoms. The second kappa shape index (κ2) is 5.26. The van der Waals surface area contributed by atoms with E-state index in [9.17, 15) is 5.11 Å². The van der Waals surface area contributed by atoms with Crippen molar-refractivity contribution in [2.45, 2.75) is 66.2 Å². The predicted molar refractivity (Wildman–Crippen MR) is 89.0 cm³/mol. The van der Waals surface area contributed by atoms with E-state index in [0.717, 1.165) is 5.92 Å². The Kier molecular flexibility index (Phi) is 3.84. The van der Waals surface area contributed by atoms with Crippen LogP contribution in [-0.2, 0) is 0 Å². The minimum absolute atomic E-state index is 0.136. The summed E-state index contributed by atoms with van der Waals surface area (Å²) >= 11 is 0. The summed E-state index contributed by atoms with van der Waals surface area (Å²) in [5.74, 6) is 2.07. The lowest BCUT2D eigenvalue weighted by Gasteiger charge is -2.58. The van der Waals surface area contributed by atoms with E-state index in [1.807, 2.05) is 0 Å². The molecule has 0 amide bonds. The van der Waals surface area contributed by atoms with Gasteiger partial charge in [-0.1, -0.05) is 51.8 Å². The van der Waals surface area contributed by atoms with E-state index >= 15 is 0 Å². The SMILES string of the molecule is CC(C)C1=CC2=CC[C@H]3[C@](C)(CO)CCC[C@]3(C)C2CC1. The molecule has 21 heavy (non-hydrogen) atoms. The molecule has 1 saturated carbocycles. The Morgan fingerprint density at radius 1 is 1.29 bits per heavy atom. The highest BCUT2D eigenvalue weighted by atomic mass is 16.3. The average Bonchev–Trinajstić information content (AvgIpc) is 2.46. The molecule has 118 valence electrons. The van der Waals surface area contributed by atoms with Gasteiger partial charge in [-0.05, 0) is 66.3 Å². The van der Waals surface area contributed by atoms with Crippen molar-refractivity contribution in [3.8, 4) is 0 Å². The van der Waals surface area contributed by atoms with Gasteiger partial charge >= 0.3 is 0 Å². The molecule has 1 unspecified atom stereocenters. The van der Waals surface area contributed by atoms with Crippen molar-refractivity contribution in [1.29, 1.82) is 0 Å². The summed E-state index contributed by atoms with van der Waals surface area (Å²) in [7, 11) is 0. The number of fused-ring (bicyclic) bond motifs is 3. The maximum absolute atomic E-state index is 9.98. The van der Waals surface area contributed by atoms with Crippen LogP contribution in [-0.4, -0.2) is 11.7 Å². The fraction of sp³-hybridized carbons (Fsp3) is 0.800. The third kappa shape index (κ3) is 2.32. The summed E-state index contributed by atoms with van der Waals surface area (Å²) < 4.78 is 0. The number of aliphatic hydroxyl groups excluding tert-OH is 1. The second-order valence-electron chi connectivity index (χ2n) is 8.63. The fourth-order valence-corrected chi connectivity index (χ4v) is 5.66. The third-order valence-electron chi connectivity index (χ3n) is 7.06. The highest BCUT2D eigenvalue weighted by Crippen LogP contribution is 2.61. The summed E-state index contributed by atoms with van der Waals surface area (Å²) in [5, 5.41) is 9.98. The van der Waals surface area contributed by atoms with Crippen LogP contribution < -0.4 is 0 Å². The van der Waals surface area contributed by atoms with Gasteiger partial charge in [0.05, 0.1) is 0 Å². The van der Waals surface area contributed by atoms with Gasteiger partial charge in [0.15, 0.2) is 0 Å². The Labute approximate surface area is 130 Å². The van der Waals surface area contributed by atoms with Crippen molar-refractivity contribution < 1.29 is 5.11 Å². The quantitative estimate of drug-likeness (QED) is 0.748. The Hall–Kier alpha value is -0.560. The maximum Gasteiger partial charge on any atom is 0.0487 e. The molecule has 0 aliphatic heterocycles.